The molecule has 0 atom stereocenters. The molecule has 0 saturated carbocycles. The zero-order chi connectivity index (χ0) is 10.7. The van der Waals surface area contributed by atoms with Gasteiger partial charge in [-0.05, 0) is 23.8 Å². The molecule has 1 aliphatic rings. The third-order valence-electron chi connectivity index (χ3n) is 2.55. The van der Waals surface area contributed by atoms with Crippen molar-refractivity contribution in [2.75, 3.05) is 31.2 Å². The summed E-state index contributed by atoms with van der Waals surface area (Å²) in [6.45, 7) is 3.40. The lowest BCUT2D eigenvalue weighted by Gasteiger charge is -2.29. The van der Waals surface area contributed by atoms with Crippen LogP contribution in [0.1, 0.15) is 5.56 Å². The first-order valence-electron chi connectivity index (χ1n) is 5.12. The van der Waals surface area contributed by atoms with E-state index in [2.05, 4.69) is 4.90 Å². The molecule has 1 aliphatic heterocycles. The lowest BCUT2D eigenvalue weighted by atomic mass is 10.1. The molecular weight excluding hydrogens is 195 g/mol. The summed E-state index contributed by atoms with van der Waals surface area (Å²) in [4.78, 5) is 2.12. The standard InChI is InChI=1S/C11H15FN2O/c12-10-5-9(8-13)6-11(7-10)14-1-3-15-4-2-14/h5-7H,1-4,8,13H2. The van der Waals surface area contributed by atoms with E-state index in [0.29, 0.717) is 19.8 Å². The highest BCUT2D eigenvalue weighted by Gasteiger charge is 2.12. The first-order chi connectivity index (χ1) is 7.29. The topological polar surface area (TPSA) is 38.5 Å². The highest BCUT2D eigenvalue weighted by Crippen LogP contribution is 2.19. The van der Waals surface area contributed by atoms with Gasteiger partial charge in [0.15, 0.2) is 0 Å². The van der Waals surface area contributed by atoms with Gasteiger partial charge in [-0.1, -0.05) is 0 Å². The number of hydrogen-bond acceptors (Lipinski definition) is 3. The quantitative estimate of drug-likeness (QED) is 0.795. The summed E-state index contributed by atoms with van der Waals surface area (Å²) >= 11 is 0. The second-order valence-electron chi connectivity index (χ2n) is 3.62. The highest BCUT2D eigenvalue weighted by molar-refractivity contribution is 5.49. The molecule has 0 amide bonds. The van der Waals surface area contributed by atoms with Gasteiger partial charge in [0.2, 0.25) is 0 Å². The van der Waals surface area contributed by atoms with E-state index >= 15 is 0 Å². The predicted octanol–water partition coefficient (Wildman–Crippen LogP) is 1.12. The van der Waals surface area contributed by atoms with Crippen LogP contribution >= 0.6 is 0 Å². The van der Waals surface area contributed by atoms with Crippen molar-refractivity contribution in [2.45, 2.75) is 6.54 Å². The Morgan fingerprint density at radius 1 is 1.27 bits per heavy atom. The first-order valence-corrected chi connectivity index (χ1v) is 5.12. The molecule has 2 N–H and O–H groups in total. The molecule has 0 spiro atoms. The first kappa shape index (κ1) is 10.4. The number of hydrogen-bond donors (Lipinski definition) is 1. The van der Waals surface area contributed by atoms with Crippen LogP contribution in [-0.4, -0.2) is 26.3 Å². The summed E-state index contributed by atoms with van der Waals surface area (Å²) in [7, 11) is 0. The fourth-order valence-electron chi connectivity index (χ4n) is 1.76. The molecule has 3 nitrogen and oxygen atoms in total. The van der Waals surface area contributed by atoms with Gasteiger partial charge >= 0.3 is 0 Å². The van der Waals surface area contributed by atoms with Gasteiger partial charge in [-0.25, -0.2) is 4.39 Å². The minimum absolute atomic E-state index is 0.223. The van der Waals surface area contributed by atoms with Crippen molar-refractivity contribution in [3.05, 3.63) is 29.6 Å². The molecule has 1 saturated heterocycles. The number of halogens is 1. The maximum Gasteiger partial charge on any atom is 0.125 e. The van der Waals surface area contributed by atoms with Crippen molar-refractivity contribution in [3.63, 3.8) is 0 Å². The Kier molecular flexibility index (Phi) is 3.18. The molecular formula is C11H15FN2O. The van der Waals surface area contributed by atoms with Gasteiger partial charge in [-0.2, -0.15) is 0 Å². The summed E-state index contributed by atoms with van der Waals surface area (Å²) < 4.78 is 18.5. The minimum atomic E-state index is -0.223. The number of ether oxygens (including phenoxy) is 1. The SMILES string of the molecule is NCc1cc(F)cc(N2CCOCC2)c1. The normalized spacial score (nSPS) is 16.8. The second-order valence-corrected chi connectivity index (χ2v) is 3.62. The van der Waals surface area contributed by atoms with Crippen molar-refractivity contribution in [3.8, 4) is 0 Å². The van der Waals surface area contributed by atoms with Gasteiger partial charge in [-0.3, -0.25) is 0 Å². The number of morpholine rings is 1. The van der Waals surface area contributed by atoms with Crippen LogP contribution in [0.4, 0.5) is 10.1 Å². The Hall–Kier alpha value is -1.13. The fraction of sp³-hybridized carbons (Fsp3) is 0.455. The number of nitrogens with zero attached hydrogens (tertiary/aromatic N) is 1. The van der Waals surface area contributed by atoms with Crippen molar-refractivity contribution < 1.29 is 9.13 Å². The maximum atomic E-state index is 13.3. The molecule has 0 aliphatic carbocycles. The van der Waals surface area contributed by atoms with Crippen molar-refractivity contribution >= 4 is 5.69 Å². The van der Waals surface area contributed by atoms with Gasteiger partial charge in [-0.15, -0.1) is 0 Å². The van der Waals surface area contributed by atoms with Crippen molar-refractivity contribution in [2.24, 2.45) is 5.73 Å². The van der Waals surface area contributed by atoms with Crippen molar-refractivity contribution in [1.82, 2.24) is 0 Å². The van der Waals surface area contributed by atoms with Crippen LogP contribution in [0.15, 0.2) is 18.2 Å². The maximum absolute atomic E-state index is 13.3. The van der Waals surface area contributed by atoms with E-state index in [1.54, 1.807) is 6.07 Å². The second kappa shape index (κ2) is 4.59. The molecule has 1 fully saturated rings. The zero-order valence-electron chi connectivity index (χ0n) is 8.58. The average molecular weight is 210 g/mol. The molecule has 0 aromatic heterocycles. The van der Waals surface area contributed by atoms with E-state index in [9.17, 15) is 4.39 Å². The molecule has 0 radical (unpaired) electrons. The average Bonchev–Trinajstić information content (AvgIpc) is 2.29. The zero-order valence-corrected chi connectivity index (χ0v) is 8.58. The predicted molar refractivity (Wildman–Crippen MR) is 57.3 cm³/mol. The van der Waals surface area contributed by atoms with E-state index in [1.807, 2.05) is 6.07 Å². The fourth-order valence-corrected chi connectivity index (χ4v) is 1.76. The lowest BCUT2D eigenvalue weighted by molar-refractivity contribution is 0.122. The Morgan fingerprint density at radius 2 is 2.00 bits per heavy atom. The van der Waals surface area contributed by atoms with Gasteiger partial charge < -0.3 is 15.4 Å². The number of rotatable bonds is 2. The summed E-state index contributed by atoms with van der Waals surface area (Å²) in [5.41, 5.74) is 7.24. The monoisotopic (exact) mass is 210 g/mol. The van der Waals surface area contributed by atoms with E-state index in [0.717, 1.165) is 24.3 Å². The number of anilines is 1. The number of benzene rings is 1. The van der Waals surface area contributed by atoms with E-state index in [1.165, 1.54) is 6.07 Å². The smallest absolute Gasteiger partial charge is 0.125 e. The molecule has 1 aromatic rings. The van der Waals surface area contributed by atoms with Crippen LogP contribution in [0.5, 0.6) is 0 Å². The molecule has 1 aromatic carbocycles. The molecule has 82 valence electrons. The lowest BCUT2D eigenvalue weighted by Crippen LogP contribution is -2.36. The minimum Gasteiger partial charge on any atom is -0.378 e. The third-order valence-corrected chi connectivity index (χ3v) is 2.55. The van der Waals surface area contributed by atoms with Gasteiger partial charge in [0.05, 0.1) is 13.2 Å². The Balaban J connectivity index is 2.22. The van der Waals surface area contributed by atoms with Crippen LogP contribution in [0.2, 0.25) is 0 Å². The molecule has 2 rings (SSSR count). The summed E-state index contributed by atoms with van der Waals surface area (Å²) in [6, 6.07) is 4.96. The largest absolute Gasteiger partial charge is 0.378 e. The molecule has 4 heteroatoms. The van der Waals surface area contributed by atoms with Crippen LogP contribution in [0.3, 0.4) is 0 Å². The molecule has 0 unspecified atom stereocenters. The van der Waals surface area contributed by atoms with Crippen LogP contribution < -0.4 is 10.6 Å². The van der Waals surface area contributed by atoms with Gasteiger partial charge in [0.25, 0.3) is 0 Å². The summed E-state index contributed by atoms with van der Waals surface area (Å²) in [5.74, 6) is -0.223. The van der Waals surface area contributed by atoms with Crippen molar-refractivity contribution in [1.29, 1.82) is 0 Å². The Labute approximate surface area is 88.6 Å². The third kappa shape index (κ3) is 2.46. The number of nitrogens with two attached hydrogens (primary N) is 1. The van der Waals surface area contributed by atoms with Crippen LogP contribution in [-0.2, 0) is 11.3 Å². The van der Waals surface area contributed by atoms with E-state index in [4.69, 9.17) is 10.5 Å². The molecule has 1 heterocycles. The van der Waals surface area contributed by atoms with Crippen LogP contribution in [0.25, 0.3) is 0 Å². The Bertz CT molecular complexity index is 337. The highest BCUT2D eigenvalue weighted by atomic mass is 19.1. The molecule has 0 bridgehead atoms. The van der Waals surface area contributed by atoms with Gasteiger partial charge in [0.1, 0.15) is 5.82 Å². The molecule has 15 heavy (non-hydrogen) atoms. The van der Waals surface area contributed by atoms with Crippen LogP contribution in [0, 0.1) is 5.82 Å². The van der Waals surface area contributed by atoms with Gasteiger partial charge in [0, 0.05) is 25.3 Å². The summed E-state index contributed by atoms with van der Waals surface area (Å²) in [5, 5.41) is 0. The van der Waals surface area contributed by atoms with E-state index < -0.39 is 0 Å². The van der Waals surface area contributed by atoms with E-state index in [-0.39, 0.29) is 5.82 Å². The summed E-state index contributed by atoms with van der Waals surface area (Å²) in [6.07, 6.45) is 0. The Morgan fingerprint density at radius 3 is 2.67 bits per heavy atom.